The van der Waals surface area contributed by atoms with Crippen molar-refractivity contribution in [3.63, 3.8) is 0 Å². The van der Waals surface area contributed by atoms with Gasteiger partial charge in [0, 0.05) is 69.6 Å². The van der Waals surface area contributed by atoms with Crippen LogP contribution in [0.2, 0.25) is 0 Å². The molecule has 1 N–H and O–H groups in total. The maximum absolute atomic E-state index is 13.6. The number of nitro groups is 1. The Morgan fingerprint density at radius 1 is 1.11 bits per heavy atom. The molecule has 2 saturated heterocycles. The van der Waals surface area contributed by atoms with Crippen LogP contribution in [0, 0.1) is 21.8 Å². The summed E-state index contributed by atoms with van der Waals surface area (Å²) in [6, 6.07) is 11.3. The van der Waals surface area contributed by atoms with Gasteiger partial charge < -0.3 is 15.1 Å². The van der Waals surface area contributed by atoms with Gasteiger partial charge in [0.2, 0.25) is 5.91 Å². The fraction of sp³-hybridized carbons (Fsp3) is 0.481. The molecule has 37 heavy (non-hydrogen) atoms. The first kappa shape index (κ1) is 26.7. The molecule has 0 radical (unpaired) electrons. The molecule has 0 aliphatic carbocycles. The molecule has 0 bridgehead atoms. The van der Waals surface area contributed by atoms with Crippen LogP contribution < -0.4 is 5.32 Å². The summed E-state index contributed by atoms with van der Waals surface area (Å²) < 4.78 is 13.5. The Morgan fingerprint density at radius 3 is 2.35 bits per heavy atom. The molecule has 0 saturated carbocycles. The van der Waals surface area contributed by atoms with Gasteiger partial charge in [-0.1, -0.05) is 26.0 Å². The van der Waals surface area contributed by atoms with Crippen molar-refractivity contribution in [2.45, 2.75) is 38.9 Å². The number of rotatable bonds is 8. The second kappa shape index (κ2) is 11.8. The van der Waals surface area contributed by atoms with Gasteiger partial charge in [0.05, 0.1) is 4.92 Å². The Kier molecular flexibility index (Phi) is 8.50. The van der Waals surface area contributed by atoms with E-state index < -0.39 is 16.8 Å². The summed E-state index contributed by atoms with van der Waals surface area (Å²) in [4.78, 5) is 43.5. The van der Waals surface area contributed by atoms with Gasteiger partial charge in [-0.05, 0) is 42.2 Å². The molecule has 2 amide bonds. The number of carbonyl (C=O) groups excluding carboxylic acids is 2. The number of amides is 2. The van der Waals surface area contributed by atoms with Crippen molar-refractivity contribution < 1.29 is 18.9 Å². The fourth-order valence-electron chi connectivity index (χ4n) is 5.16. The van der Waals surface area contributed by atoms with Gasteiger partial charge in [-0.15, -0.1) is 0 Å². The maximum atomic E-state index is 13.6. The number of hydrogen-bond donors (Lipinski definition) is 1. The van der Waals surface area contributed by atoms with Crippen molar-refractivity contribution in [2.75, 3.05) is 39.3 Å². The number of likely N-dealkylation sites (tertiary alicyclic amines) is 1. The van der Waals surface area contributed by atoms with Gasteiger partial charge in [0.25, 0.3) is 11.6 Å². The highest BCUT2D eigenvalue weighted by Gasteiger charge is 2.43. The third-order valence-corrected chi connectivity index (χ3v) is 6.99. The number of non-ortho nitro benzene ring substituents is 1. The van der Waals surface area contributed by atoms with Gasteiger partial charge >= 0.3 is 0 Å². The van der Waals surface area contributed by atoms with Crippen LogP contribution in [-0.2, 0) is 11.3 Å². The van der Waals surface area contributed by atoms with Gasteiger partial charge in [-0.3, -0.25) is 24.6 Å². The summed E-state index contributed by atoms with van der Waals surface area (Å²) >= 11 is 0. The lowest BCUT2D eigenvalue weighted by Gasteiger charge is -2.32. The van der Waals surface area contributed by atoms with E-state index in [2.05, 4.69) is 24.1 Å². The molecule has 0 spiro atoms. The number of nitrogens with zero attached hydrogens (tertiary/aromatic N) is 4. The molecular weight excluding hydrogens is 477 g/mol. The number of piperazine rings is 1. The van der Waals surface area contributed by atoms with E-state index in [0.717, 1.165) is 12.1 Å². The summed E-state index contributed by atoms with van der Waals surface area (Å²) in [6.45, 7) is 8.52. The van der Waals surface area contributed by atoms with Crippen LogP contribution >= 0.6 is 0 Å². The van der Waals surface area contributed by atoms with E-state index >= 15 is 0 Å². The highest BCUT2D eigenvalue weighted by Crippen LogP contribution is 2.28. The zero-order valence-corrected chi connectivity index (χ0v) is 21.3. The standard InChI is InChI=1S/C27H34FN5O4/c1-19(2)16-31(17-20-3-9-23(10-4-20)33(36)37)24-15-25(27(35)30-13-11-29-12-14-30)32(18-24)26(34)21-5-7-22(28)8-6-21/h3-10,19,24-25,29H,11-18H2,1-2H3. The van der Waals surface area contributed by atoms with E-state index in [1.807, 2.05) is 4.90 Å². The van der Waals surface area contributed by atoms with E-state index in [-0.39, 0.29) is 23.5 Å². The number of halogens is 1. The minimum atomic E-state index is -0.604. The minimum absolute atomic E-state index is 0.0396. The van der Waals surface area contributed by atoms with Crippen LogP contribution in [0.4, 0.5) is 10.1 Å². The van der Waals surface area contributed by atoms with Crippen molar-refractivity contribution in [1.82, 2.24) is 20.0 Å². The summed E-state index contributed by atoms with van der Waals surface area (Å²) in [7, 11) is 0. The monoisotopic (exact) mass is 511 g/mol. The summed E-state index contributed by atoms with van der Waals surface area (Å²) in [5, 5.41) is 14.3. The first-order valence-corrected chi connectivity index (χ1v) is 12.8. The lowest BCUT2D eigenvalue weighted by molar-refractivity contribution is -0.384. The Labute approximate surface area is 216 Å². The Morgan fingerprint density at radius 2 is 1.76 bits per heavy atom. The molecule has 2 aromatic rings. The van der Waals surface area contributed by atoms with Crippen LogP contribution in [-0.4, -0.2) is 82.8 Å². The zero-order chi connectivity index (χ0) is 26.5. The quantitative estimate of drug-likeness (QED) is 0.432. The first-order valence-electron chi connectivity index (χ1n) is 12.8. The largest absolute Gasteiger partial charge is 0.338 e. The SMILES string of the molecule is CC(C)CN(Cc1ccc([N+](=O)[O-])cc1)C1CC(C(=O)N2CCNCC2)N(C(=O)c2ccc(F)cc2)C1. The number of benzene rings is 2. The summed E-state index contributed by atoms with van der Waals surface area (Å²) in [5.41, 5.74) is 1.32. The van der Waals surface area contributed by atoms with Gasteiger partial charge in [0.1, 0.15) is 11.9 Å². The van der Waals surface area contributed by atoms with Gasteiger partial charge in [-0.2, -0.15) is 0 Å². The van der Waals surface area contributed by atoms with Crippen molar-refractivity contribution in [1.29, 1.82) is 0 Å². The normalized spacial score (nSPS) is 20.0. The smallest absolute Gasteiger partial charge is 0.269 e. The Hall–Kier alpha value is -3.37. The van der Waals surface area contributed by atoms with E-state index in [1.165, 1.54) is 36.4 Å². The molecule has 2 unspecified atom stereocenters. The highest BCUT2D eigenvalue weighted by atomic mass is 19.1. The molecule has 10 heteroatoms. The van der Waals surface area contributed by atoms with E-state index in [9.17, 15) is 24.1 Å². The molecule has 9 nitrogen and oxygen atoms in total. The molecule has 198 valence electrons. The third-order valence-electron chi connectivity index (χ3n) is 6.99. The average Bonchev–Trinajstić information content (AvgIpc) is 3.34. The van der Waals surface area contributed by atoms with E-state index in [4.69, 9.17) is 0 Å². The van der Waals surface area contributed by atoms with Crippen molar-refractivity contribution in [2.24, 2.45) is 5.92 Å². The van der Waals surface area contributed by atoms with Crippen LogP contribution in [0.5, 0.6) is 0 Å². The predicted octanol–water partition coefficient (Wildman–Crippen LogP) is 2.91. The summed E-state index contributed by atoms with van der Waals surface area (Å²) in [5.74, 6) is -0.423. The van der Waals surface area contributed by atoms with Crippen molar-refractivity contribution in [3.05, 3.63) is 75.6 Å². The maximum Gasteiger partial charge on any atom is 0.269 e. The van der Waals surface area contributed by atoms with Crippen LogP contribution in [0.15, 0.2) is 48.5 Å². The molecule has 2 aliphatic rings. The Balaban J connectivity index is 1.59. The molecule has 2 atom stereocenters. The molecule has 2 fully saturated rings. The molecule has 2 heterocycles. The van der Waals surface area contributed by atoms with E-state index in [1.54, 1.807) is 17.0 Å². The number of nitro benzene ring substituents is 1. The summed E-state index contributed by atoms with van der Waals surface area (Å²) in [6.07, 6.45) is 0.495. The second-order valence-corrected chi connectivity index (χ2v) is 10.2. The third kappa shape index (κ3) is 6.50. The Bertz CT molecular complexity index is 1100. The lowest BCUT2D eigenvalue weighted by Crippen LogP contribution is -2.53. The highest BCUT2D eigenvalue weighted by molar-refractivity contribution is 5.98. The van der Waals surface area contributed by atoms with Gasteiger partial charge in [0.15, 0.2) is 0 Å². The van der Waals surface area contributed by atoms with Crippen LogP contribution in [0.3, 0.4) is 0 Å². The first-order chi connectivity index (χ1) is 17.7. The van der Waals surface area contributed by atoms with Crippen molar-refractivity contribution in [3.8, 4) is 0 Å². The number of carbonyl (C=O) groups is 2. The van der Waals surface area contributed by atoms with Gasteiger partial charge in [-0.25, -0.2) is 4.39 Å². The molecule has 2 aliphatic heterocycles. The zero-order valence-electron chi connectivity index (χ0n) is 21.3. The molecule has 0 aromatic heterocycles. The van der Waals surface area contributed by atoms with Crippen LogP contribution in [0.1, 0.15) is 36.2 Å². The fourth-order valence-corrected chi connectivity index (χ4v) is 5.16. The molecule has 4 rings (SSSR count). The lowest BCUT2D eigenvalue weighted by atomic mass is 10.1. The van der Waals surface area contributed by atoms with Crippen LogP contribution in [0.25, 0.3) is 0 Å². The number of hydrogen-bond acceptors (Lipinski definition) is 6. The average molecular weight is 512 g/mol. The van der Waals surface area contributed by atoms with Crippen molar-refractivity contribution >= 4 is 17.5 Å². The predicted molar refractivity (Wildman–Crippen MR) is 137 cm³/mol. The topological polar surface area (TPSA) is 99.0 Å². The molecular formula is C27H34FN5O4. The minimum Gasteiger partial charge on any atom is -0.338 e. The number of nitrogens with one attached hydrogen (secondary N) is 1. The van der Waals surface area contributed by atoms with E-state index in [0.29, 0.717) is 57.2 Å². The molecule has 2 aromatic carbocycles. The second-order valence-electron chi connectivity index (χ2n) is 10.2.